The van der Waals surface area contributed by atoms with Crippen LogP contribution in [-0.2, 0) is 11.3 Å². The Morgan fingerprint density at radius 3 is 2.41 bits per heavy atom. The zero-order valence-electron chi connectivity index (χ0n) is 18.5. The maximum Gasteiger partial charge on any atom is 0.332 e. The van der Waals surface area contributed by atoms with Crippen molar-refractivity contribution in [1.82, 2.24) is 19.4 Å². The number of likely N-dealkylation sites (tertiary alicyclic amines) is 1. The van der Waals surface area contributed by atoms with Crippen LogP contribution in [0.2, 0.25) is 0 Å². The van der Waals surface area contributed by atoms with Crippen LogP contribution >= 0.6 is 0 Å². The lowest BCUT2D eigenvalue weighted by molar-refractivity contribution is -0.124. The first kappa shape index (κ1) is 22.0. The van der Waals surface area contributed by atoms with Crippen LogP contribution in [0.1, 0.15) is 37.8 Å². The number of fused-ring (bicyclic) bond motifs is 1. The summed E-state index contributed by atoms with van der Waals surface area (Å²) in [6.45, 7) is 5.55. The SMILES string of the molecule is CCC(C(=O)NCCN1CCCC1)n1c(=O)n(Cc2ccccc2)c(=O)c2ccccc21. The largest absolute Gasteiger partial charge is 0.353 e. The van der Waals surface area contributed by atoms with Crippen LogP contribution in [0.25, 0.3) is 10.9 Å². The molecule has 1 aliphatic heterocycles. The van der Waals surface area contributed by atoms with Gasteiger partial charge in [-0.2, -0.15) is 0 Å². The van der Waals surface area contributed by atoms with Crippen LogP contribution in [-0.4, -0.2) is 46.1 Å². The Labute approximate surface area is 187 Å². The lowest BCUT2D eigenvalue weighted by Gasteiger charge is -2.22. The number of rotatable bonds is 8. The molecule has 168 valence electrons. The van der Waals surface area contributed by atoms with E-state index >= 15 is 0 Å². The van der Waals surface area contributed by atoms with Crippen molar-refractivity contribution in [2.24, 2.45) is 0 Å². The van der Waals surface area contributed by atoms with Crippen molar-refractivity contribution in [2.45, 2.75) is 38.8 Å². The summed E-state index contributed by atoms with van der Waals surface area (Å²) in [5.41, 5.74) is 0.555. The van der Waals surface area contributed by atoms with Crippen LogP contribution in [0.15, 0.2) is 64.2 Å². The number of aromatic nitrogens is 2. The van der Waals surface area contributed by atoms with Crippen molar-refractivity contribution in [3.8, 4) is 0 Å². The molecule has 0 bridgehead atoms. The third-order valence-electron chi connectivity index (χ3n) is 6.19. The van der Waals surface area contributed by atoms with Crippen molar-refractivity contribution < 1.29 is 4.79 Å². The Bertz CT molecular complexity index is 1190. The number of para-hydroxylation sites is 1. The number of nitrogens with zero attached hydrogens (tertiary/aromatic N) is 3. The number of hydrogen-bond acceptors (Lipinski definition) is 4. The second kappa shape index (κ2) is 9.96. The molecule has 0 saturated carbocycles. The Hall–Kier alpha value is -3.19. The third-order valence-corrected chi connectivity index (χ3v) is 6.19. The second-order valence-corrected chi connectivity index (χ2v) is 8.31. The summed E-state index contributed by atoms with van der Waals surface area (Å²) in [6.07, 6.45) is 2.86. The lowest BCUT2D eigenvalue weighted by Crippen LogP contribution is -2.46. The van der Waals surface area contributed by atoms with Gasteiger partial charge in [-0.05, 0) is 50.0 Å². The fourth-order valence-corrected chi connectivity index (χ4v) is 4.48. The molecule has 1 fully saturated rings. The average molecular weight is 435 g/mol. The zero-order valence-corrected chi connectivity index (χ0v) is 18.5. The zero-order chi connectivity index (χ0) is 22.5. The Morgan fingerprint density at radius 1 is 1.00 bits per heavy atom. The number of benzene rings is 2. The van der Waals surface area contributed by atoms with E-state index in [1.54, 1.807) is 24.3 Å². The quantitative estimate of drug-likeness (QED) is 0.591. The summed E-state index contributed by atoms with van der Waals surface area (Å²) in [7, 11) is 0. The summed E-state index contributed by atoms with van der Waals surface area (Å²) in [4.78, 5) is 42.1. The molecule has 1 aliphatic rings. The first-order chi connectivity index (χ1) is 15.6. The molecule has 2 aromatic carbocycles. The first-order valence-corrected chi connectivity index (χ1v) is 11.4. The number of carbonyl (C=O) groups is 1. The molecule has 1 unspecified atom stereocenters. The monoisotopic (exact) mass is 434 g/mol. The van der Waals surface area contributed by atoms with E-state index in [1.807, 2.05) is 37.3 Å². The van der Waals surface area contributed by atoms with Gasteiger partial charge in [-0.15, -0.1) is 0 Å². The topological polar surface area (TPSA) is 76.3 Å². The second-order valence-electron chi connectivity index (χ2n) is 8.31. The van der Waals surface area contributed by atoms with Gasteiger partial charge in [0.05, 0.1) is 17.4 Å². The van der Waals surface area contributed by atoms with Gasteiger partial charge in [0, 0.05) is 13.1 Å². The summed E-state index contributed by atoms with van der Waals surface area (Å²) in [6, 6.07) is 15.8. The highest BCUT2D eigenvalue weighted by atomic mass is 16.2. The van der Waals surface area contributed by atoms with E-state index in [9.17, 15) is 14.4 Å². The van der Waals surface area contributed by atoms with Gasteiger partial charge in [-0.1, -0.05) is 49.4 Å². The van der Waals surface area contributed by atoms with Gasteiger partial charge in [-0.3, -0.25) is 18.7 Å². The van der Waals surface area contributed by atoms with E-state index in [2.05, 4.69) is 10.2 Å². The van der Waals surface area contributed by atoms with E-state index in [0.29, 0.717) is 23.9 Å². The number of hydrogen-bond donors (Lipinski definition) is 1. The summed E-state index contributed by atoms with van der Waals surface area (Å²) in [5, 5.41) is 3.44. The molecule has 7 nitrogen and oxygen atoms in total. The Morgan fingerprint density at radius 2 is 1.69 bits per heavy atom. The molecular formula is C25H30N4O3. The maximum atomic E-state index is 13.5. The minimum Gasteiger partial charge on any atom is -0.353 e. The van der Waals surface area contributed by atoms with Crippen molar-refractivity contribution in [3.05, 3.63) is 81.0 Å². The van der Waals surface area contributed by atoms with Crippen LogP contribution in [0.5, 0.6) is 0 Å². The summed E-state index contributed by atoms with van der Waals surface area (Å²) < 4.78 is 2.72. The van der Waals surface area contributed by atoms with E-state index in [1.165, 1.54) is 22.0 Å². The van der Waals surface area contributed by atoms with Crippen molar-refractivity contribution in [3.63, 3.8) is 0 Å². The average Bonchev–Trinajstić information content (AvgIpc) is 3.33. The molecule has 1 N–H and O–H groups in total. The minimum atomic E-state index is -0.686. The van der Waals surface area contributed by atoms with Crippen molar-refractivity contribution in [2.75, 3.05) is 26.2 Å². The van der Waals surface area contributed by atoms with E-state index in [0.717, 1.165) is 25.2 Å². The molecular weight excluding hydrogens is 404 g/mol. The Balaban J connectivity index is 1.70. The first-order valence-electron chi connectivity index (χ1n) is 11.4. The highest BCUT2D eigenvalue weighted by Crippen LogP contribution is 2.17. The molecule has 4 rings (SSSR count). The number of nitrogens with one attached hydrogen (secondary N) is 1. The normalized spacial score (nSPS) is 15.2. The van der Waals surface area contributed by atoms with Crippen LogP contribution in [0.4, 0.5) is 0 Å². The highest BCUT2D eigenvalue weighted by Gasteiger charge is 2.24. The molecule has 1 aromatic heterocycles. The fraction of sp³-hybridized carbons (Fsp3) is 0.400. The van der Waals surface area contributed by atoms with Crippen LogP contribution in [0, 0.1) is 0 Å². The molecule has 1 amide bonds. The minimum absolute atomic E-state index is 0.163. The molecule has 0 aliphatic carbocycles. The van der Waals surface area contributed by atoms with Crippen LogP contribution in [0.3, 0.4) is 0 Å². The molecule has 1 saturated heterocycles. The third kappa shape index (κ3) is 4.53. The van der Waals surface area contributed by atoms with Gasteiger partial charge >= 0.3 is 5.69 Å². The molecule has 1 atom stereocenters. The van der Waals surface area contributed by atoms with E-state index in [4.69, 9.17) is 0 Å². The maximum absolute atomic E-state index is 13.5. The highest BCUT2D eigenvalue weighted by molar-refractivity contribution is 5.84. The molecule has 0 radical (unpaired) electrons. The molecule has 2 heterocycles. The van der Waals surface area contributed by atoms with Gasteiger partial charge < -0.3 is 10.2 Å². The predicted octanol–water partition coefficient (Wildman–Crippen LogP) is 2.37. The molecule has 7 heteroatoms. The van der Waals surface area contributed by atoms with E-state index in [-0.39, 0.29) is 18.0 Å². The lowest BCUT2D eigenvalue weighted by atomic mass is 10.1. The van der Waals surface area contributed by atoms with Crippen molar-refractivity contribution in [1.29, 1.82) is 0 Å². The molecule has 3 aromatic rings. The standard InChI is InChI=1S/C25H30N4O3/c1-2-21(23(30)26-14-17-27-15-8-9-16-27)29-22-13-7-6-12-20(22)24(31)28(25(29)32)18-19-10-4-3-5-11-19/h3-7,10-13,21H,2,8-9,14-18H2,1H3,(H,26,30). The van der Waals surface area contributed by atoms with E-state index < -0.39 is 11.7 Å². The van der Waals surface area contributed by atoms with Gasteiger partial charge in [0.2, 0.25) is 5.91 Å². The van der Waals surface area contributed by atoms with Gasteiger partial charge in [0.25, 0.3) is 5.56 Å². The molecule has 0 spiro atoms. The molecule has 32 heavy (non-hydrogen) atoms. The summed E-state index contributed by atoms with van der Waals surface area (Å²) >= 11 is 0. The smallest absolute Gasteiger partial charge is 0.332 e. The van der Waals surface area contributed by atoms with Crippen molar-refractivity contribution >= 4 is 16.8 Å². The van der Waals surface area contributed by atoms with Gasteiger partial charge in [-0.25, -0.2) is 4.79 Å². The summed E-state index contributed by atoms with van der Waals surface area (Å²) in [5.74, 6) is -0.191. The van der Waals surface area contributed by atoms with Gasteiger partial charge in [0.15, 0.2) is 0 Å². The number of carbonyl (C=O) groups excluding carboxylic acids is 1. The Kier molecular flexibility index (Phi) is 6.85. The predicted molar refractivity (Wildman–Crippen MR) is 126 cm³/mol. The van der Waals surface area contributed by atoms with Crippen LogP contribution < -0.4 is 16.6 Å². The van der Waals surface area contributed by atoms with Gasteiger partial charge in [0.1, 0.15) is 6.04 Å². The number of amides is 1. The fourth-order valence-electron chi connectivity index (χ4n) is 4.48.